The number of carbonyl (C=O) groups excluding carboxylic acids is 2. The van der Waals surface area contributed by atoms with Crippen LogP contribution in [0.15, 0.2) is 54.4 Å². The molecule has 1 fully saturated rings. The van der Waals surface area contributed by atoms with Crippen LogP contribution >= 0.6 is 0 Å². The minimum Gasteiger partial charge on any atom is -0.507 e. The van der Waals surface area contributed by atoms with Gasteiger partial charge in [-0.3, -0.25) is 14.6 Å². The van der Waals surface area contributed by atoms with Gasteiger partial charge in [-0.15, -0.1) is 0 Å². The summed E-state index contributed by atoms with van der Waals surface area (Å²) in [6, 6.07) is 9.56. The number of likely N-dealkylation sites (tertiary alicyclic amines) is 1. The van der Waals surface area contributed by atoms with Crippen LogP contribution in [-0.4, -0.2) is 53.5 Å². The zero-order valence-corrected chi connectivity index (χ0v) is 16.5. The Morgan fingerprint density at radius 3 is 2.41 bits per heavy atom. The van der Waals surface area contributed by atoms with Crippen molar-refractivity contribution in [3.63, 3.8) is 0 Å². The van der Waals surface area contributed by atoms with Crippen LogP contribution in [0.5, 0.6) is 5.75 Å². The summed E-state index contributed by atoms with van der Waals surface area (Å²) in [6.07, 6.45) is 4.07. The van der Waals surface area contributed by atoms with Gasteiger partial charge in [0.05, 0.1) is 24.8 Å². The molecule has 1 unspecified atom stereocenters. The van der Waals surface area contributed by atoms with Gasteiger partial charge in [-0.1, -0.05) is 6.92 Å². The number of aliphatic hydroxyl groups excluding tert-OH is 1. The Balaban J connectivity index is 2.03. The van der Waals surface area contributed by atoms with Crippen LogP contribution < -0.4 is 4.74 Å². The van der Waals surface area contributed by atoms with E-state index in [1.165, 1.54) is 12.0 Å². The van der Waals surface area contributed by atoms with Gasteiger partial charge in [0, 0.05) is 31.6 Å². The second-order valence-electron chi connectivity index (χ2n) is 6.64. The van der Waals surface area contributed by atoms with Crippen molar-refractivity contribution >= 4 is 17.4 Å². The number of hydrogen-bond donors (Lipinski definition) is 1. The molecule has 1 aromatic carbocycles. The molecule has 1 saturated heterocycles. The van der Waals surface area contributed by atoms with Crippen LogP contribution in [0, 0.1) is 0 Å². The van der Waals surface area contributed by atoms with E-state index in [4.69, 9.17) is 9.47 Å². The molecule has 0 radical (unpaired) electrons. The number of rotatable bonds is 8. The van der Waals surface area contributed by atoms with Gasteiger partial charge in [0.1, 0.15) is 11.5 Å². The second-order valence-corrected chi connectivity index (χ2v) is 6.64. The van der Waals surface area contributed by atoms with Crippen molar-refractivity contribution in [1.29, 1.82) is 0 Å². The molecule has 2 aromatic rings. The van der Waals surface area contributed by atoms with Crippen LogP contribution in [0.2, 0.25) is 0 Å². The van der Waals surface area contributed by atoms with Crippen LogP contribution in [0.4, 0.5) is 0 Å². The average molecular weight is 396 g/mol. The quantitative estimate of drug-likeness (QED) is 0.419. The average Bonchev–Trinajstić information content (AvgIpc) is 3.01. The fourth-order valence-corrected chi connectivity index (χ4v) is 3.28. The van der Waals surface area contributed by atoms with Gasteiger partial charge in [0.15, 0.2) is 0 Å². The molecule has 1 N–H and O–H groups in total. The molecular weight excluding hydrogens is 372 g/mol. The molecule has 1 aliphatic rings. The maximum atomic E-state index is 12.8. The predicted molar refractivity (Wildman–Crippen MR) is 107 cm³/mol. The van der Waals surface area contributed by atoms with Crippen molar-refractivity contribution in [3.8, 4) is 5.75 Å². The first-order valence-electron chi connectivity index (χ1n) is 9.49. The number of carbonyl (C=O) groups is 2. The third-order valence-electron chi connectivity index (χ3n) is 4.70. The lowest BCUT2D eigenvalue weighted by Gasteiger charge is -2.24. The normalized spacial score (nSPS) is 18.3. The molecule has 0 saturated carbocycles. The van der Waals surface area contributed by atoms with Gasteiger partial charge in [0.2, 0.25) is 0 Å². The van der Waals surface area contributed by atoms with E-state index in [-0.39, 0.29) is 24.5 Å². The third kappa shape index (κ3) is 4.30. The number of methoxy groups -OCH3 is 1. The highest BCUT2D eigenvalue weighted by Gasteiger charge is 2.45. The first kappa shape index (κ1) is 20.5. The molecule has 1 aliphatic heterocycles. The topological polar surface area (TPSA) is 89.0 Å². The summed E-state index contributed by atoms with van der Waals surface area (Å²) in [5.41, 5.74) is 1.19. The SMILES string of the molecule is CCCOc1ccc(C(O)=C2C(=O)C(=O)N(CCOC)C2c2ccncc2)cc1. The number of benzene rings is 1. The predicted octanol–water partition coefficient (Wildman–Crippen LogP) is 2.94. The lowest BCUT2D eigenvalue weighted by molar-refractivity contribution is -0.140. The van der Waals surface area contributed by atoms with Crippen molar-refractivity contribution in [2.24, 2.45) is 0 Å². The summed E-state index contributed by atoms with van der Waals surface area (Å²) in [5, 5.41) is 10.9. The molecule has 2 heterocycles. The molecular formula is C22H24N2O5. The van der Waals surface area contributed by atoms with E-state index in [1.54, 1.807) is 48.8 Å². The minimum absolute atomic E-state index is 0.0551. The number of aromatic nitrogens is 1. The number of amides is 1. The zero-order valence-electron chi connectivity index (χ0n) is 16.5. The molecule has 0 aliphatic carbocycles. The number of ether oxygens (including phenoxy) is 2. The van der Waals surface area contributed by atoms with Gasteiger partial charge in [-0.25, -0.2) is 0 Å². The van der Waals surface area contributed by atoms with E-state index in [2.05, 4.69) is 4.98 Å². The smallest absolute Gasteiger partial charge is 0.295 e. The van der Waals surface area contributed by atoms with Crippen LogP contribution in [-0.2, 0) is 14.3 Å². The number of Topliss-reactive ketones (excluding diaryl/α,β-unsaturated/α-hetero) is 1. The van der Waals surface area contributed by atoms with Crippen LogP contribution in [0.1, 0.15) is 30.5 Å². The summed E-state index contributed by atoms with van der Waals surface area (Å²) in [5.74, 6) is -0.915. The van der Waals surface area contributed by atoms with Crippen LogP contribution in [0.3, 0.4) is 0 Å². The Bertz CT molecular complexity index is 893. The summed E-state index contributed by atoms with van der Waals surface area (Å²) >= 11 is 0. The third-order valence-corrected chi connectivity index (χ3v) is 4.70. The maximum absolute atomic E-state index is 12.8. The van der Waals surface area contributed by atoms with Gasteiger partial charge < -0.3 is 19.5 Å². The van der Waals surface area contributed by atoms with Gasteiger partial charge in [0.25, 0.3) is 11.7 Å². The molecule has 1 aromatic heterocycles. The fraction of sp³-hybridized carbons (Fsp3) is 0.318. The Labute approximate surface area is 169 Å². The molecule has 7 heteroatoms. The molecule has 152 valence electrons. The lowest BCUT2D eigenvalue weighted by atomic mass is 9.96. The summed E-state index contributed by atoms with van der Waals surface area (Å²) in [6.45, 7) is 3.12. The summed E-state index contributed by atoms with van der Waals surface area (Å²) in [7, 11) is 1.53. The Morgan fingerprint density at radius 1 is 1.10 bits per heavy atom. The van der Waals surface area contributed by atoms with E-state index in [0.29, 0.717) is 23.5 Å². The molecule has 1 atom stereocenters. The van der Waals surface area contributed by atoms with E-state index in [9.17, 15) is 14.7 Å². The van der Waals surface area contributed by atoms with Gasteiger partial charge >= 0.3 is 0 Å². The number of nitrogens with zero attached hydrogens (tertiary/aromatic N) is 2. The van der Waals surface area contributed by atoms with E-state index < -0.39 is 17.7 Å². The number of ketones is 1. The Hall–Kier alpha value is -3.19. The number of pyridine rings is 1. The zero-order chi connectivity index (χ0) is 20.8. The number of aliphatic hydroxyl groups is 1. The van der Waals surface area contributed by atoms with Crippen molar-refractivity contribution < 1.29 is 24.2 Å². The number of hydrogen-bond acceptors (Lipinski definition) is 6. The minimum atomic E-state index is -0.716. The summed E-state index contributed by atoms with van der Waals surface area (Å²) < 4.78 is 10.6. The van der Waals surface area contributed by atoms with Crippen molar-refractivity contribution in [1.82, 2.24) is 9.88 Å². The van der Waals surface area contributed by atoms with Crippen molar-refractivity contribution in [2.45, 2.75) is 19.4 Å². The summed E-state index contributed by atoms with van der Waals surface area (Å²) in [4.78, 5) is 30.9. The first-order chi connectivity index (χ1) is 14.1. The first-order valence-corrected chi connectivity index (χ1v) is 9.49. The molecule has 0 bridgehead atoms. The highest BCUT2D eigenvalue weighted by molar-refractivity contribution is 6.46. The van der Waals surface area contributed by atoms with E-state index in [1.807, 2.05) is 6.92 Å². The monoisotopic (exact) mass is 396 g/mol. The molecule has 29 heavy (non-hydrogen) atoms. The van der Waals surface area contributed by atoms with Gasteiger partial charge in [-0.2, -0.15) is 0 Å². The molecule has 7 nitrogen and oxygen atoms in total. The van der Waals surface area contributed by atoms with E-state index >= 15 is 0 Å². The fourth-order valence-electron chi connectivity index (χ4n) is 3.28. The Kier molecular flexibility index (Phi) is 6.61. The highest BCUT2D eigenvalue weighted by Crippen LogP contribution is 2.39. The van der Waals surface area contributed by atoms with Crippen molar-refractivity contribution in [3.05, 3.63) is 65.5 Å². The van der Waals surface area contributed by atoms with E-state index in [0.717, 1.165) is 6.42 Å². The molecule has 3 rings (SSSR count). The van der Waals surface area contributed by atoms with Crippen molar-refractivity contribution in [2.75, 3.05) is 26.9 Å². The highest BCUT2D eigenvalue weighted by atomic mass is 16.5. The lowest BCUT2D eigenvalue weighted by Crippen LogP contribution is -2.32. The second kappa shape index (κ2) is 9.34. The molecule has 1 amide bonds. The standard InChI is InChI=1S/C22H24N2O5/c1-3-13-29-17-6-4-16(5-7-17)20(25)18-19(15-8-10-23-11-9-15)24(12-14-28-2)22(27)21(18)26/h4-11,19,25H,3,12-14H2,1-2H3. The maximum Gasteiger partial charge on any atom is 0.295 e. The van der Waals surface area contributed by atoms with Gasteiger partial charge in [-0.05, 0) is 48.4 Å². The largest absolute Gasteiger partial charge is 0.507 e. The molecule has 0 spiro atoms. The van der Waals surface area contributed by atoms with Crippen LogP contribution in [0.25, 0.3) is 5.76 Å². The Morgan fingerprint density at radius 2 is 1.79 bits per heavy atom.